The summed E-state index contributed by atoms with van der Waals surface area (Å²) in [4.78, 5) is 15.2. The molecule has 0 atom stereocenters. The number of amidine groups is 1. The van der Waals surface area contributed by atoms with Crippen molar-refractivity contribution in [1.29, 1.82) is 0 Å². The van der Waals surface area contributed by atoms with Gasteiger partial charge in [0.15, 0.2) is 17.3 Å². The highest BCUT2D eigenvalue weighted by Gasteiger charge is 2.16. The smallest absolute Gasteiger partial charge is 0.360 e. The van der Waals surface area contributed by atoms with E-state index < -0.39 is 5.97 Å². The monoisotopic (exact) mass is 225 g/mol. The maximum atomic E-state index is 11.3. The van der Waals surface area contributed by atoms with Gasteiger partial charge in [-0.05, 0) is 12.1 Å². The summed E-state index contributed by atoms with van der Waals surface area (Å²) in [5.41, 5.74) is 5.46. The molecule has 0 unspecified atom stereocenters. The van der Waals surface area contributed by atoms with E-state index in [-0.39, 0.29) is 23.0 Å². The average molecular weight is 225 g/mol. The lowest BCUT2D eigenvalue weighted by molar-refractivity contribution is 0.0590. The first kappa shape index (κ1) is 11.8. The molecular formula is C9H11N3O4. The van der Waals surface area contributed by atoms with Crippen LogP contribution in [0.15, 0.2) is 17.3 Å². The number of hydrogen-bond acceptors (Lipinski definition) is 6. The van der Waals surface area contributed by atoms with Crippen molar-refractivity contribution < 1.29 is 19.5 Å². The van der Waals surface area contributed by atoms with Crippen LogP contribution in [0.2, 0.25) is 0 Å². The molecule has 1 heterocycles. The summed E-state index contributed by atoms with van der Waals surface area (Å²) in [5.74, 6) is -0.612. The molecule has 0 aliphatic heterocycles. The lowest BCUT2D eigenvalue weighted by Crippen LogP contribution is -2.17. The number of nitrogens with zero attached hydrogens (tertiary/aromatic N) is 2. The van der Waals surface area contributed by atoms with E-state index in [4.69, 9.17) is 15.7 Å². The number of ether oxygens (including phenoxy) is 2. The lowest BCUT2D eigenvalue weighted by Gasteiger charge is -2.07. The van der Waals surface area contributed by atoms with Crippen molar-refractivity contribution in [1.82, 2.24) is 4.98 Å². The molecule has 86 valence electrons. The van der Waals surface area contributed by atoms with Crippen LogP contribution in [-0.2, 0) is 4.74 Å². The summed E-state index contributed by atoms with van der Waals surface area (Å²) in [5, 5.41) is 11.3. The van der Waals surface area contributed by atoms with Crippen LogP contribution in [0.5, 0.6) is 5.75 Å². The molecule has 0 radical (unpaired) electrons. The Morgan fingerprint density at radius 2 is 2.19 bits per heavy atom. The predicted octanol–water partition coefficient (Wildman–Crippen LogP) is -0.0287. The lowest BCUT2D eigenvalue weighted by atomic mass is 10.2. The molecule has 7 heteroatoms. The fourth-order valence-electron chi connectivity index (χ4n) is 1.05. The summed E-state index contributed by atoms with van der Waals surface area (Å²) in [6.07, 6.45) is 0. The fraction of sp³-hybridized carbons (Fsp3) is 0.222. The number of carbonyl (C=O) groups is 1. The van der Waals surface area contributed by atoms with E-state index in [1.807, 2.05) is 0 Å². The maximum absolute atomic E-state index is 11.3. The molecule has 0 spiro atoms. The predicted molar refractivity (Wildman–Crippen MR) is 54.6 cm³/mol. The van der Waals surface area contributed by atoms with Gasteiger partial charge in [-0.25, -0.2) is 9.78 Å². The summed E-state index contributed by atoms with van der Waals surface area (Å²) in [7, 11) is 2.62. The number of oxime groups is 1. The average Bonchev–Trinajstić information content (AvgIpc) is 2.35. The van der Waals surface area contributed by atoms with Crippen LogP contribution in [0.4, 0.5) is 0 Å². The Morgan fingerprint density at radius 3 is 2.69 bits per heavy atom. The third-order valence-corrected chi connectivity index (χ3v) is 1.83. The number of aromatic nitrogens is 1. The van der Waals surface area contributed by atoms with Crippen LogP contribution >= 0.6 is 0 Å². The third-order valence-electron chi connectivity index (χ3n) is 1.83. The van der Waals surface area contributed by atoms with E-state index in [1.54, 1.807) is 0 Å². The van der Waals surface area contributed by atoms with E-state index >= 15 is 0 Å². The molecular weight excluding hydrogens is 214 g/mol. The molecule has 0 fully saturated rings. The minimum atomic E-state index is -0.663. The van der Waals surface area contributed by atoms with Crippen molar-refractivity contribution in [3.63, 3.8) is 0 Å². The Labute approximate surface area is 91.5 Å². The molecule has 0 saturated heterocycles. The Morgan fingerprint density at radius 1 is 1.50 bits per heavy atom. The Kier molecular flexibility index (Phi) is 3.65. The van der Waals surface area contributed by atoms with Gasteiger partial charge in [0.05, 0.1) is 14.2 Å². The van der Waals surface area contributed by atoms with Gasteiger partial charge in [0, 0.05) is 0 Å². The first-order chi connectivity index (χ1) is 7.63. The molecule has 7 nitrogen and oxygen atoms in total. The number of carbonyl (C=O) groups excluding carboxylic acids is 1. The largest absolute Gasteiger partial charge is 0.494 e. The number of pyridine rings is 1. The normalized spacial score (nSPS) is 11.0. The zero-order valence-corrected chi connectivity index (χ0v) is 8.80. The van der Waals surface area contributed by atoms with Crippen LogP contribution in [-0.4, -0.2) is 36.2 Å². The SMILES string of the molecule is COC(=O)c1nc(/C(N)=N/O)ccc1OC. The number of nitrogens with two attached hydrogens (primary N) is 1. The zero-order valence-electron chi connectivity index (χ0n) is 8.80. The Hall–Kier alpha value is -2.31. The highest BCUT2D eigenvalue weighted by molar-refractivity contribution is 5.97. The minimum absolute atomic E-state index is 0.0332. The van der Waals surface area contributed by atoms with Crippen molar-refractivity contribution in [3.05, 3.63) is 23.5 Å². The van der Waals surface area contributed by atoms with Crippen LogP contribution < -0.4 is 10.5 Å². The van der Waals surface area contributed by atoms with Crippen LogP contribution in [0, 0.1) is 0 Å². The molecule has 0 aliphatic rings. The number of methoxy groups -OCH3 is 2. The Balaban J connectivity index is 3.26. The van der Waals surface area contributed by atoms with Crippen LogP contribution in [0.1, 0.15) is 16.2 Å². The first-order valence-corrected chi connectivity index (χ1v) is 4.25. The standard InChI is InChI=1S/C9H11N3O4/c1-15-6-4-3-5(8(10)12-14)11-7(6)9(13)16-2/h3-4,14H,1-2H3,(H2,10,12). The molecule has 3 N–H and O–H groups in total. The van der Waals surface area contributed by atoms with Gasteiger partial charge in [0.25, 0.3) is 0 Å². The van der Waals surface area contributed by atoms with Crippen LogP contribution in [0.25, 0.3) is 0 Å². The first-order valence-electron chi connectivity index (χ1n) is 4.25. The quantitative estimate of drug-likeness (QED) is 0.246. The van der Waals surface area contributed by atoms with E-state index in [1.165, 1.54) is 26.4 Å². The van der Waals surface area contributed by atoms with Crippen molar-refractivity contribution in [2.45, 2.75) is 0 Å². The topological polar surface area (TPSA) is 107 Å². The molecule has 0 amide bonds. The molecule has 1 aromatic heterocycles. The summed E-state index contributed by atoms with van der Waals surface area (Å²) >= 11 is 0. The number of rotatable bonds is 3. The van der Waals surface area contributed by atoms with Gasteiger partial charge in [0.1, 0.15) is 5.69 Å². The van der Waals surface area contributed by atoms with Gasteiger partial charge in [-0.3, -0.25) is 0 Å². The molecule has 0 saturated carbocycles. The van der Waals surface area contributed by atoms with Gasteiger partial charge in [-0.15, -0.1) is 0 Å². The van der Waals surface area contributed by atoms with E-state index in [9.17, 15) is 4.79 Å². The second kappa shape index (κ2) is 4.96. The van der Waals surface area contributed by atoms with Gasteiger partial charge >= 0.3 is 5.97 Å². The third kappa shape index (κ3) is 2.19. The second-order valence-corrected chi connectivity index (χ2v) is 2.72. The molecule has 16 heavy (non-hydrogen) atoms. The molecule has 0 aromatic carbocycles. The van der Waals surface area contributed by atoms with Crippen LogP contribution in [0.3, 0.4) is 0 Å². The van der Waals surface area contributed by atoms with E-state index in [2.05, 4.69) is 14.9 Å². The van der Waals surface area contributed by atoms with Crippen molar-refractivity contribution in [2.24, 2.45) is 10.9 Å². The fourth-order valence-corrected chi connectivity index (χ4v) is 1.05. The highest BCUT2D eigenvalue weighted by Crippen LogP contribution is 2.17. The van der Waals surface area contributed by atoms with Gasteiger partial charge in [-0.1, -0.05) is 5.16 Å². The van der Waals surface area contributed by atoms with Crippen molar-refractivity contribution >= 4 is 11.8 Å². The zero-order chi connectivity index (χ0) is 12.1. The van der Waals surface area contributed by atoms with E-state index in [0.29, 0.717) is 0 Å². The minimum Gasteiger partial charge on any atom is -0.494 e. The number of esters is 1. The second-order valence-electron chi connectivity index (χ2n) is 2.72. The Bertz CT molecular complexity index is 431. The molecule has 1 rings (SSSR count). The molecule has 0 bridgehead atoms. The summed E-state index contributed by atoms with van der Waals surface area (Å²) < 4.78 is 9.45. The van der Waals surface area contributed by atoms with Crippen molar-refractivity contribution in [2.75, 3.05) is 14.2 Å². The maximum Gasteiger partial charge on any atom is 0.360 e. The summed E-state index contributed by atoms with van der Waals surface area (Å²) in [6, 6.07) is 2.94. The van der Waals surface area contributed by atoms with E-state index in [0.717, 1.165) is 0 Å². The van der Waals surface area contributed by atoms with Crippen molar-refractivity contribution in [3.8, 4) is 5.75 Å². The van der Waals surface area contributed by atoms with Gasteiger partial charge < -0.3 is 20.4 Å². The van der Waals surface area contributed by atoms with Gasteiger partial charge in [0.2, 0.25) is 0 Å². The van der Waals surface area contributed by atoms with Gasteiger partial charge in [-0.2, -0.15) is 0 Å². The number of hydrogen-bond donors (Lipinski definition) is 2. The highest BCUT2D eigenvalue weighted by atomic mass is 16.5. The molecule has 0 aliphatic carbocycles. The summed E-state index contributed by atoms with van der Waals surface area (Å²) in [6.45, 7) is 0. The molecule has 1 aromatic rings.